The molecular weight excluding hydrogens is 296 g/mol. The summed E-state index contributed by atoms with van der Waals surface area (Å²) in [7, 11) is 0. The standard InChI is InChI=1S/C17H24N2O2S/c1-3-5-6-7-13-15-11(10-22-13)16(20)14-12(18-15)9-19(8-4-2)17(14)21/h9,13,18,21H,3-8,10H2,1-2H3. The molecule has 1 atom stereocenters. The maximum atomic E-state index is 12.7. The van der Waals surface area contributed by atoms with E-state index in [0.29, 0.717) is 10.6 Å². The van der Waals surface area contributed by atoms with E-state index in [9.17, 15) is 9.90 Å². The topological polar surface area (TPSA) is 58.0 Å². The van der Waals surface area contributed by atoms with E-state index in [-0.39, 0.29) is 11.3 Å². The minimum Gasteiger partial charge on any atom is -0.494 e. The Kier molecular flexibility index (Phi) is 4.52. The van der Waals surface area contributed by atoms with Crippen molar-refractivity contribution < 1.29 is 5.11 Å². The Morgan fingerprint density at radius 1 is 1.36 bits per heavy atom. The highest BCUT2D eigenvalue weighted by molar-refractivity contribution is 7.99. The van der Waals surface area contributed by atoms with E-state index in [0.717, 1.165) is 41.9 Å². The SMILES string of the molecule is CCCCCC1SCc2c1[nH]c1cn(CCC)c(O)c1c2=O. The molecule has 0 aromatic carbocycles. The van der Waals surface area contributed by atoms with Gasteiger partial charge in [-0.15, -0.1) is 11.8 Å². The lowest BCUT2D eigenvalue weighted by molar-refractivity contribution is 0.420. The third-order valence-electron chi connectivity index (χ3n) is 4.43. The zero-order valence-corrected chi connectivity index (χ0v) is 14.1. The molecule has 4 nitrogen and oxygen atoms in total. The van der Waals surface area contributed by atoms with Crippen molar-refractivity contribution in [3.63, 3.8) is 0 Å². The molecule has 0 amide bonds. The van der Waals surface area contributed by atoms with Crippen LogP contribution < -0.4 is 5.43 Å². The number of unbranched alkanes of at least 4 members (excludes halogenated alkanes) is 2. The van der Waals surface area contributed by atoms with Gasteiger partial charge in [-0.25, -0.2) is 0 Å². The first-order chi connectivity index (χ1) is 10.7. The highest BCUT2D eigenvalue weighted by Gasteiger charge is 2.28. The lowest BCUT2D eigenvalue weighted by Crippen LogP contribution is -2.10. The first-order valence-corrected chi connectivity index (χ1v) is 9.30. The van der Waals surface area contributed by atoms with Crippen LogP contribution in [0.3, 0.4) is 0 Å². The van der Waals surface area contributed by atoms with Crippen LogP contribution in [0, 0.1) is 0 Å². The third-order valence-corrected chi connectivity index (χ3v) is 5.76. The second-order valence-electron chi connectivity index (χ2n) is 6.08. The van der Waals surface area contributed by atoms with Crippen molar-refractivity contribution in [2.45, 2.75) is 63.5 Å². The van der Waals surface area contributed by atoms with Crippen LogP contribution in [-0.4, -0.2) is 14.7 Å². The Morgan fingerprint density at radius 2 is 2.18 bits per heavy atom. The van der Waals surface area contributed by atoms with E-state index >= 15 is 0 Å². The van der Waals surface area contributed by atoms with Gasteiger partial charge in [0, 0.05) is 35.0 Å². The lowest BCUT2D eigenvalue weighted by atomic mass is 10.1. The molecule has 0 radical (unpaired) electrons. The van der Waals surface area contributed by atoms with Crippen molar-refractivity contribution in [2.75, 3.05) is 0 Å². The first kappa shape index (κ1) is 15.5. The predicted molar refractivity (Wildman–Crippen MR) is 92.7 cm³/mol. The number of aromatic hydroxyl groups is 1. The molecule has 0 saturated carbocycles. The van der Waals surface area contributed by atoms with Crippen molar-refractivity contribution in [3.05, 3.63) is 27.7 Å². The molecule has 0 spiro atoms. The molecule has 22 heavy (non-hydrogen) atoms. The van der Waals surface area contributed by atoms with Crippen LogP contribution >= 0.6 is 11.8 Å². The van der Waals surface area contributed by atoms with Crippen LogP contribution in [-0.2, 0) is 12.3 Å². The second kappa shape index (κ2) is 6.41. The molecule has 1 aliphatic rings. The number of pyridine rings is 1. The predicted octanol–water partition coefficient (Wildman–Crippen LogP) is 4.31. The van der Waals surface area contributed by atoms with Crippen molar-refractivity contribution in [3.8, 4) is 5.88 Å². The Balaban J connectivity index is 2.01. The second-order valence-corrected chi connectivity index (χ2v) is 7.27. The molecular formula is C17H24N2O2S. The van der Waals surface area contributed by atoms with Crippen molar-refractivity contribution in [1.82, 2.24) is 9.55 Å². The molecule has 2 aromatic rings. The van der Waals surface area contributed by atoms with Crippen LogP contribution in [0.15, 0.2) is 11.0 Å². The maximum absolute atomic E-state index is 12.7. The first-order valence-electron chi connectivity index (χ1n) is 8.25. The van der Waals surface area contributed by atoms with Crippen molar-refractivity contribution >= 4 is 22.7 Å². The van der Waals surface area contributed by atoms with Crippen LogP contribution in [0.2, 0.25) is 0 Å². The minimum absolute atomic E-state index is 0.0154. The number of thioether (sulfide) groups is 1. The molecule has 2 aromatic heterocycles. The number of fused-ring (bicyclic) bond motifs is 2. The van der Waals surface area contributed by atoms with Gasteiger partial charge < -0.3 is 14.7 Å². The minimum atomic E-state index is 0.0154. The summed E-state index contributed by atoms with van der Waals surface area (Å²) in [5.74, 6) is 0.871. The van der Waals surface area contributed by atoms with Gasteiger partial charge in [-0.1, -0.05) is 33.1 Å². The van der Waals surface area contributed by atoms with E-state index in [1.54, 1.807) is 4.57 Å². The number of nitrogens with one attached hydrogen (secondary N) is 1. The number of rotatable bonds is 6. The van der Waals surface area contributed by atoms with E-state index < -0.39 is 0 Å². The van der Waals surface area contributed by atoms with Gasteiger partial charge in [0.25, 0.3) is 0 Å². The van der Waals surface area contributed by atoms with E-state index in [1.807, 2.05) is 18.0 Å². The van der Waals surface area contributed by atoms with Gasteiger partial charge in [0.15, 0.2) is 5.43 Å². The summed E-state index contributed by atoms with van der Waals surface area (Å²) in [5, 5.41) is 11.2. The highest BCUT2D eigenvalue weighted by Crippen LogP contribution is 2.43. The number of hydrogen-bond donors (Lipinski definition) is 2. The maximum Gasteiger partial charge on any atom is 0.204 e. The number of aromatic nitrogens is 2. The van der Waals surface area contributed by atoms with Crippen LogP contribution in [0.4, 0.5) is 0 Å². The van der Waals surface area contributed by atoms with Gasteiger partial charge >= 0.3 is 0 Å². The summed E-state index contributed by atoms with van der Waals surface area (Å²) in [6.45, 7) is 5.00. The number of aryl methyl sites for hydroxylation is 1. The fourth-order valence-electron chi connectivity index (χ4n) is 3.26. The van der Waals surface area contributed by atoms with Gasteiger partial charge in [-0.3, -0.25) is 4.79 Å². The van der Waals surface area contributed by atoms with E-state index in [4.69, 9.17) is 0 Å². The normalized spacial score (nSPS) is 17.3. The molecule has 0 aliphatic carbocycles. The quantitative estimate of drug-likeness (QED) is 0.780. The number of nitrogens with zero attached hydrogens (tertiary/aromatic N) is 1. The van der Waals surface area contributed by atoms with Crippen LogP contribution in [0.25, 0.3) is 10.9 Å². The summed E-state index contributed by atoms with van der Waals surface area (Å²) in [6.07, 6.45) is 7.59. The van der Waals surface area contributed by atoms with Crippen molar-refractivity contribution in [2.24, 2.45) is 0 Å². The molecule has 3 heterocycles. The Bertz CT molecular complexity index is 732. The number of H-pyrrole nitrogens is 1. The molecule has 1 unspecified atom stereocenters. The van der Waals surface area contributed by atoms with Crippen molar-refractivity contribution in [1.29, 1.82) is 0 Å². The zero-order chi connectivity index (χ0) is 15.7. The van der Waals surface area contributed by atoms with Gasteiger partial charge in [-0.2, -0.15) is 0 Å². The Labute approximate surface area is 134 Å². The summed E-state index contributed by atoms with van der Waals surface area (Å²) >= 11 is 1.85. The Hall–Kier alpha value is -1.36. The molecule has 1 aliphatic heterocycles. The van der Waals surface area contributed by atoms with Gasteiger partial charge in [-0.05, 0) is 12.8 Å². The average molecular weight is 320 g/mol. The van der Waals surface area contributed by atoms with E-state index in [2.05, 4.69) is 18.8 Å². The fraction of sp³-hybridized carbons (Fsp3) is 0.588. The van der Waals surface area contributed by atoms with Gasteiger partial charge in [0.2, 0.25) is 5.88 Å². The van der Waals surface area contributed by atoms with Crippen LogP contribution in [0.5, 0.6) is 5.88 Å². The third kappa shape index (κ3) is 2.56. The number of aromatic amines is 1. The lowest BCUT2D eigenvalue weighted by Gasteiger charge is -2.10. The molecule has 0 saturated heterocycles. The molecule has 2 N–H and O–H groups in total. The molecule has 5 heteroatoms. The highest BCUT2D eigenvalue weighted by atomic mass is 32.2. The smallest absolute Gasteiger partial charge is 0.204 e. The Morgan fingerprint density at radius 3 is 2.91 bits per heavy atom. The zero-order valence-electron chi connectivity index (χ0n) is 13.3. The molecule has 120 valence electrons. The molecule has 0 bridgehead atoms. The van der Waals surface area contributed by atoms with Crippen LogP contribution in [0.1, 0.15) is 62.5 Å². The monoisotopic (exact) mass is 320 g/mol. The van der Waals surface area contributed by atoms with Gasteiger partial charge in [0.05, 0.1) is 5.52 Å². The van der Waals surface area contributed by atoms with E-state index in [1.165, 1.54) is 19.3 Å². The molecule has 3 rings (SSSR count). The molecule has 0 fully saturated rings. The summed E-state index contributed by atoms with van der Waals surface area (Å²) in [6, 6.07) is 0. The summed E-state index contributed by atoms with van der Waals surface area (Å²) in [5.41, 5.74) is 2.75. The fourth-order valence-corrected chi connectivity index (χ4v) is 4.62. The summed E-state index contributed by atoms with van der Waals surface area (Å²) in [4.78, 5) is 16.2. The number of hydrogen-bond acceptors (Lipinski definition) is 3. The average Bonchev–Trinajstić information content (AvgIpc) is 3.03. The van der Waals surface area contributed by atoms with Gasteiger partial charge in [0.1, 0.15) is 5.39 Å². The largest absolute Gasteiger partial charge is 0.494 e. The summed E-state index contributed by atoms with van der Waals surface area (Å²) < 4.78 is 1.77.